The molecule has 7 nitrogen and oxygen atoms in total. The van der Waals surface area contributed by atoms with Gasteiger partial charge in [0.15, 0.2) is 0 Å². The molecule has 1 heterocycles. The number of carbonyl (C=O) groups is 1. The molecule has 0 bridgehead atoms. The van der Waals surface area contributed by atoms with Gasteiger partial charge in [-0.25, -0.2) is 4.79 Å². The van der Waals surface area contributed by atoms with Crippen molar-refractivity contribution in [2.45, 2.75) is 39.6 Å². The fourth-order valence-electron chi connectivity index (χ4n) is 3.06. The zero-order valence-corrected chi connectivity index (χ0v) is 16.5. The first-order chi connectivity index (χ1) is 12.9. The molecule has 1 aliphatic rings. The summed E-state index contributed by atoms with van der Waals surface area (Å²) in [6, 6.07) is 2.77. The highest BCUT2D eigenvalue weighted by Crippen LogP contribution is 2.33. The second-order valence-corrected chi connectivity index (χ2v) is 7.82. The van der Waals surface area contributed by atoms with Crippen LogP contribution in [0.25, 0.3) is 10.4 Å². The Bertz CT molecular complexity index is 780. The Hall–Kier alpha value is -2.55. The quantitative estimate of drug-likeness (QED) is 0.312. The first kappa shape index (κ1) is 21.8. The molecule has 0 saturated carbocycles. The minimum atomic E-state index is -5.01. The number of hydrogen-bond acceptors (Lipinski definition) is 4. The lowest BCUT2D eigenvalue weighted by molar-refractivity contribution is 0.0240. The van der Waals surface area contributed by atoms with Crippen molar-refractivity contribution in [2.24, 2.45) is 5.11 Å². The Morgan fingerprint density at radius 1 is 1.25 bits per heavy atom. The maximum atomic E-state index is 12.9. The van der Waals surface area contributed by atoms with Gasteiger partial charge in [0.05, 0.1) is 0 Å². The molecule has 2 rings (SSSR count). The van der Waals surface area contributed by atoms with Crippen LogP contribution in [0.2, 0.25) is 0 Å². The minimum Gasteiger partial charge on any atom is -0.449 e. The molecule has 1 amide bonds. The topological polar surface area (TPSA) is 81.5 Å². The first-order valence-electron chi connectivity index (χ1n) is 9.02. The molecule has 1 aliphatic heterocycles. The predicted molar refractivity (Wildman–Crippen MR) is 103 cm³/mol. The third kappa shape index (κ3) is 5.98. The van der Waals surface area contributed by atoms with E-state index in [0.717, 1.165) is 0 Å². The fourth-order valence-corrected chi connectivity index (χ4v) is 3.06. The summed E-state index contributed by atoms with van der Waals surface area (Å²) < 4.78 is 44.0. The molecule has 1 fully saturated rings. The molecule has 0 spiro atoms. The van der Waals surface area contributed by atoms with Gasteiger partial charge in [0, 0.05) is 42.5 Å². The van der Waals surface area contributed by atoms with Crippen LogP contribution in [0.1, 0.15) is 31.9 Å². The zero-order chi connectivity index (χ0) is 21.1. The van der Waals surface area contributed by atoms with Crippen molar-refractivity contribution in [2.75, 3.05) is 31.1 Å². The van der Waals surface area contributed by atoms with E-state index in [1.807, 2.05) is 4.90 Å². The molecule has 0 radical (unpaired) electrons. The van der Waals surface area contributed by atoms with E-state index in [9.17, 15) is 17.7 Å². The van der Waals surface area contributed by atoms with Gasteiger partial charge >= 0.3 is 13.1 Å². The molecule has 0 aromatic heterocycles. The third-order valence-electron chi connectivity index (χ3n) is 4.30. The standard InChI is InChI=1S/C17H24BF3N5O2/c1-12-14(23-24-22)9-13(11-18(19,20)21)10-15(12)25-5-7-26(8-6-25)16(27)28-17(2,3)4/h9-10H,5-8,11H2,1-4H3/q-1. The maximum Gasteiger partial charge on any atom is 0.482 e. The summed E-state index contributed by atoms with van der Waals surface area (Å²) in [5.41, 5.74) is 9.58. The van der Waals surface area contributed by atoms with Gasteiger partial charge in [-0.2, -0.15) is 0 Å². The first-order valence-corrected chi connectivity index (χ1v) is 9.02. The van der Waals surface area contributed by atoms with E-state index in [1.165, 1.54) is 12.1 Å². The number of ether oxygens (including phenoxy) is 1. The summed E-state index contributed by atoms with van der Waals surface area (Å²) in [7, 11) is 0. The molecule has 1 aromatic carbocycles. The van der Waals surface area contributed by atoms with Gasteiger partial charge in [-0.15, -0.1) is 0 Å². The SMILES string of the molecule is Cc1c(N=[N+]=[N-])cc(C[B-](F)(F)F)cc1N1CCN(C(=O)OC(C)(C)C)CC1. The number of nitrogens with zero attached hydrogens (tertiary/aromatic N) is 5. The molecule has 0 aliphatic carbocycles. The highest BCUT2D eigenvalue weighted by atomic mass is 19.4. The van der Waals surface area contributed by atoms with E-state index >= 15 is 0 Å². The molecule has 0 unspecified atom stereocenters. The fraction of sp³-hybridized carbons (Fsp3) is 0.588. The number of amides is 1. The van der Waals surface area contributed by atoms with Crippen LogP contribution in [0.15, 0.2) is 17.2 Å². The van der Waals surface area contributed by atoms with Crippen molar-refractivity contribution in [1.82, 2.24) is 4.90 Å². The summed E-state index contributed by atoms with van der Waals surface area (Å²) in [6.45, 7) is 3.72. The van der Waals surface area contributed by atoms with E-state index in [0.29, 0.717) is 37.4 Å². The van der Waals surface area contributed by atoms with Crippen LogP contribution in [0.5, 0.6) is 0 Å². The van der Waals surface area contributed by atoms with E-state index in [4.69, 9.17) is 10.3 Å². The number of rotatable bonds is 4. The van der Waals surface area contributed by atoms with Crippen LogP contribution < -0.4 is 4.90 Å². The van der Waals surface area contributed by atoms with Gasteiger partial charge in [0.25, 0.3) is 0 Å². The highest BCUT2D eigenvalue weighted by molar-refractivity contribution is 6.57. The predicted octanol–water partition coefficient (Wildman–Crippen LogP) is 4.92. The summed E-state index contributed by atoms with van der Waals surface area (Å²) >= 11 is 0. The smallest absolute Gasteiger partial charge is 0.449 e. The van der Waals surface area contributed by atoms with Crippen LogP contribution in [0.3, 0.4) is 0 Å². The van der Waals surface area contributed by atoms with Gasteiger partial charge in [0.2, 0.25) is 0 Å². The number of anilines is 1. The lowest BCUT2D eigenvalue weighted by atomic mass is 9.81. The van der Waals surface area contributed by atoms with Crippen LogP contribution in [0, 0.1) is 6.92 Å². The van der Waals surface area contributed by atoms with E-state index in [-0.39, 0.29) is 11.3 Å². The lowest BCUT2D eigenvalue weighted by Gasteiger charge is -2.37. The Kier molecular flexibility index (Phi) is 6.39. The van der Waals surface area contributed by atoms with Gasteiger partial charge < -0.3 is 27.5 Å². The molecular formula is C17H24BF3N5O2-. The van der Waals surface area contributed by atoms with Crippen molar-refractivity contribution in [3.8, 4) is 0 Å². The summed E-state index contributed by atoms with van der Waals surface area (Å²) in [4.78, 5) is 18.4. The molecule has 28 heavy (non-hydrogen) atoms. The Morgan fingerprint density at radius 2 is 1.86 bits per heavy atom. The van der Waals surface area contributed by atoms with E-state index in [1.54, 1.807) is 32.6 Å². The van der Waals surface area contributed by atoms with E-state index < -0.39 is 25.0 Å². The van der Waals surface area contributed by atoms with Gasteiger partial charge in [-0.05, 0) is 44.9 Å². The van der Waals surface area contributed by atoms with Crippen molar-refractivity contribution < 1.29 is 22.5 Å². The second-order valence-electron chi connectivity index (χ2n) is 7.82. The second kappa shape index (κ2) is 8.22. The van der Waals surface area contributed by atoms with Crippen molar-refractivity contribution in [3.05, 3.63) is 33.7 Å². The van der Waals surface area contributed by atoms with Crippen LogP contribution in [0.4, 0.5) is 29.1 Å². The number of carbonyl (C=O) groups excluding carboxylic acids is 1. The van der Waals surface area contributed by atoms with Gasteiger partial charge in [0.1, 0.15) is 5.60 Å². The van der Waals surface area contributed by atoms with Crippen LogP contribution >= 0.6 is 0 Å². The van der Waals surface area contributed by atoms with Gasteiger partial charge in [-0.3, -0.25) is 0 Å². The van der Waals surface area contributed by atoms with Crippen molar-refractivity contribution in [1.29, 1.82) is 0 Å². The molecule has 11 heteroatoms. The Labute approximate surface area is 162 Å². The summed E-state index contributed by atoms with van der Waals surface area (Å²) in [5.74, 6) is 0. The number of azide groups is 1. The van der Waals surface area contributed by atoms with Gasteiger partial charge in [-0.1, -0.05) is 23.1 Å². The monoisotopic (exact) mass is 398 g/mol. The molecule has 0 N–H and O–H groups in total. The largest absolute Gasteiger partial charge is 0.482 e. The number of hydrogen-bond donors (Lipinski definition) is 0. The average Bonchev–Trinajstić information content (AvgIpc) is 2.55. The average molecular weight is 398 g/mol. The van der Waals surface area contributed by atoms with Crippen molar-refractivity contribution in [3.63, 3.8) is 0 Å². The van der Waals surface area contributed by atoms with Crippen molar-refractivity contribution >= 4 is 24.4 Å². The number of benzene rings is 1. The molecule has 1 saturated heterocycles. The highest BCUT2D eigenvalue weighted by Gasteiger charge is 2.28. The number of halogens is 3. The maximum absolute atomic E-state index is 12.9. The zero-order valence-electron chi connectivity index (χ0n) is 16.5. The molecular weight excluding hydrogens is 374 g/mol. The molecule has 154 valence electrons. The summed E-state index contributed by atoms with van der Waals surface area (Å²) in [6.07, 6.45) is -1.45. The van der Waals surface area contributed by atoms with E-state index in [2.05, 4.69) is 10.0 Å². The van der Waals surface area contributed by atoms with Crippen LogP contribution in [-0.2, 0) is 11.1 Å². The normalized spacial score (nSPS) is 15.2. The minimum absolute atomic E-state index is 0.0603. The third-order valence-corrected chi connectivity index (χ3v) is 4.30. The molecule has 0 atom stereocenters. The molecule has 1 aromatic rings. The Morgan fingerprint density at radius 3 is 2.36 bits per heavy atom. The Balaban J connectivity index is 2.21. The number of piperazine rings is 1. The lowest BCUT2D eigenvalue weighted by Crippen LogP contribution is -2.50. The summed E-state index contributed by atoms with van der Waals surface area (Å²) in [5, 5.41) is 3.54. The van der Waals surface area contributed by atoms with Crippen LogP contribution in [-0.4, -0.2) is 49.8 Å².